The lowest BCUT2D eigenvalue weighted by molar-refractivity contribution is 0.0192. The zero-order valence-corrected chi connectivity index (χ0v) is 26.8. The van der Waals surface area contributed by atoms with Gasteiger partial charge in [0.05, 0.1) is 16.9 Å². The van der Waals surface area contributed by atoms with Crippen LogP contribution in [0.15, 0.2) is 53.7 Å². The minimum absolute atomic E-state index is 0.0230. The molecule has 0 saturated carbocycles. The first kappa shape index (κ1) is 32.9. The number of amides is 3. The molecule has 44 heavy (non-hydrogen) atoms. The Morgan fingerprint density at radius 2 is 1.68 bits per heavy atom. The third-order valence-electron chi connectivity index (χ3n) is 6.41. The van der Waals surface area contributed by atoms with Crippen molar-refractivity contribution in [2.75, 3.05) is 26.2 Å². The predicted molar refractivity (Wildman–Crippen MR) is 163 cm³/mol. The molecule has 0 atom stereocenters. The predicted octanol–water partition coefficient (Wildman–Crippen LogP) is 3.23. The smallest absolute Gasteiger partial charge is 0.410 e. The van der Waals surface area contributed by atoms with Gasteiger partial charge in [-0.25, -0.2) is 22.9 Å². The summed E-state index contributed by atoms with van der Waals surface area (Å²) in [6.07, 6.45) is 2.76. The minimum atomic E-state index is -3.92. The van der Waals surface area contributed by atoms with Gasteiger partial charge < -0.3 is 20.3 Å². The Kier molecular flexibility index (Phi) is 9.96. The second-order valence-corrected chi connectivity index (χ2v) is 13.8. The van der Waals surface area contributed by atoms with Crippen LogP contribution in [0.5, 0.6) is 0 Å². The Bertz CT molecular complexity index is 1640. The van der Waals surface area contributed by atoms with Gasteiger partial charge in [-0.2, -0.15) is 9.40 Å². The normalized spacial score (nSPS) is 14.4. The van der Waals surface area contributed by atoms with Crippen molar-refractivity contribution in [2.24, 2.45) is 0 Å². The highest BCUT2D eigenvalue weighted by Crippen LogP contribution is 2.28. The van der Waals surface area contributed by atoms with Crippen LogP contribution < -0.4 is 10.6 Å². The number of sulfonamides is 1. The van der Waals surface area contributed by atoms with Crippen LogP contribution in [-0.4, -0.2) is 88.1 Å². The van der Waals surface area contributed by atoms with E-state index in [2.05, 4.69) is 20.7 Å². The van der Waals surface area contributed by atoms with Crippen LogP contribution in [0.1, 0.15) is 61.2 Å². The highest BCUT2D eigenvalue weighted by molar-refractivity contribution is 7.89. The Hall–Kier alpha value is -4.01. The summed E-state index contributed by atoms with van der Waals surface area (Å²) in [4.78, 5) is 42.8. The van der Waals surface area contributed by atoms with E-state index in [4.69, 9.17) is 16.3 Å². The fraction of sp³-hybridized carbons (Fsp3) is 0.414. The molecule has 1 aromatic carbocycles. The van der Waals surface area contributed by atoms with E-state index in [1.54, 1.807) is 45.3 Å². The Morgan fingerprint density at radius 1 is 1.02 bits per heavy atom. The Balaban J connectivity index is 1.37. The van der Waals surface area contributed by atoms with Crippen LogP contribution >= 0.6 is 11.6 Å². The summed E-state index contributed by atoms with van der Waals surface area (Å²) in [6, 6.07) is 9.08. The van der Waals surface area contributed by atoms with Crippen LogP contribution in [-0.2, 0) is 21.3 Å². The second-order valence-electron chi connectivity index (χ2n) is 11.5. The molecular weight excluding hydrogens is 610 g/mol. The highest BCUT2D eigenvalue weighted by Gasteiger charge is 2.33. The van der Waals surface area contributed by atoms with Gasteiger partial charge >= 0.3 is 6.09 Å². The molecule has 236 valence electrons. The van der Waals surface area contributed by atoms with Crippen molar-refractivity contribution in [3.8, 4) is 5.69 Å². The lowest BCUT2D eigenvalue weighted by Crippen LogP contribution is -2.51. The summed E-state index contributed by atoms with van der Waals surface area (Å²) < 4.78 is 34.9. The van der Waals surface area contributed by atoms with Gasteiger partial charge in [0, 0.05) is 50.5 Å². The second kappa shape index (κ2) is 13.3. The summed E-state index contributed by atoms with van der Waals surface area (Å²) in [7, 11) is -3.92. The third-order valence-corrected chi connectivity index (χ3v) is 8.79. The van der Waals surface area contributed by atoms with E-state index in [0.29, 0.717) is 11.3 Å². The topological polar surface area (TPSA) is 156 Å². The lowest BCUT2D eigenvalue weighted by atomic mass is 10.2. The zero-order valence-electron chi connectivity index (χ0n) is 25.2. The number of aromatic nitrogens is 3. The molecule has 0 spiro atoms. The van der Waals surface area contributed by atoms with E-state index in [9.17, 15) is 22.8 Å². The maximum absolute atomic E-state index is 13.4. The van der Waals surface area contributed by atoms with Crippen LogP contribution in [0.3, 0.4) is 0 Å². The van der Waals surface area contributed by atoms with Crippen molar-refractivity contribution in [1.29, 1.82) is 0 Å². The number of rotatable bonds is 8. The van der Waals surface area contributed by atoms with Gasteiger partial charge in [0.1, 0.15) is 21.9 Å². The average molecular weight is 646 g/mol. The minimum Gasteiger partial charge on any atom is -0.444 e. The molecule has 3 aromatic rings. The van der Waals surface area contributed by atoms with E-state index < -0.39 is 27.6 Å². The first-order valence-corrected chi connectivity index (χ1v) is 15.8. The molecule has 3 heterocycles. The number of carbonyl (C=O) groups is 3. The molecule has 2 aromatic heterocycles. The van der Waals surface area contributed by atoms with Crippen LogP contribution in [0.2, 0.25) is 5.02 Å². The summed E-state index contributed by atoms with van der Waals surface area (Å²) in [6.45, 7) is 9.74. The lowest BCUT2D eigenvalue weighted by Gasteiger charge is -2.35. The number of nitrogens with one attached hydrogen (secondary N) is 2. The van der Waals surface area contributed by atoms with Crippen LogP contribution in [0.25, 0.3) is 5.69 Å². The summed E-state index contributed by atoms with van der Waals surface area (Å²) in [5.74, 6) is -0.823. The fourth-order valence-electron chi connectivity index (χ4n) is 4.31. The number of piperazine rings is 1. The molecule has 1 aliphatic heterocycles. The molecule has 2 N–H and O–H groups in total. The van der Waals surface area contributed by atoms with Gasteiger partial charge in [-0.3, -0.25) is 9.59 Å². The molecule has 3 amide bonds. The highest BCUT2D eigenvalue weighted by atomic mass is 35.5. The molecule has 15 heteroatoms. The van der Waals surface area contributed by atoms with Crippen LogP contribution in [0, 0.1) is 0 Å². The number of halogens is 1. The SMILES string of the molecule is CC(C)NC(=O)c1cccc(C(=O)NCc2cnn(-c3ccc(S(=O)(=O)N4CCN(C(=O)OC(C)(C)C)CC4)c(Cl)c3)c2)n1. The van der Waals surface area contributed by atoms with E-state index in [1.165, 1.54) is 38.2 Å². The van der Waals surface area contributed by atoms with Gasteiger partial charge in [0.25, 0.3) is 11.8 Å². The van der Waals surface area contributed by atoms with Crippen molar-refractivity contribution in [3.63, 3.8) is 0 Å². The zero-order chi connectivity index (χ0) is 32.2. The van der Waals surface area contributed by atoms with E-state index in [0.717, 1.165) is 0 Å². The Labute approximate surface area is 261 Å². The molecule has 1 aliphatic rings. The van der Waals surface area contributed by atoms with Gasteiger partial charge in [0.2, 0.25) is 10.0 Å². The molecule has 0 bridgehead atoms. The summed E-state index contributed by atoms with van der Waals surface area (Å²) >= 11 is 6.45. The third kappa shape index (κ3) is 8.12. The maximum Gasteiger partial charge on any atom is 0.410 e. The molecule has 13 nitrogen and oxygen atoms in total. The van der Waals surface area contributed by atoms with Gasteiger partial charge in [-0.15, -0.1) is 0 Å². The number of hydrogen-bond donors (Lipinski definition) is 2. The van der Waals surface area contributed by atoms with E-state index >= 15 is 0 Å². The van der Waals surface area contributed by atoms with E-state index in [-0.39, 0.29) is 66.0 Å². The number of ether oxygens (including phenoxy) is 1. The summed E-state index contributed by atoms with van der Waals surface area (Å²) in [5, 5.41) is 9.82. The van der Waals surface area contributed by atoms with Gasteiger partial charge in [0.15, 0.2) is 0 Å². The average Bonchev–Trinajstić information content (AvgIpc) is 3.44. The maximum atomic E-state index is 13.4. The monoisotopic (exact) mass is 645 g/mol. The van der Waals surface area contributed by atoms with Crippen molar-refractivity contribution in [3.05, 3.63) is 70.8 Å². The first-order valence-electron chi connectivity index (χ1n) is 14.0. The number of carbonyl (C=O) groups excluding carboxylic acids is 3. The largest absolute Gasteiger partial charge is 0.444 e. The molecular formula is C29H36ClN7O6S. The van der Waals surface area contributed by atoms with E-state index in [1.807, 2.05) is 13.8 Å². The molecule has 1 fully saturated rings. The number of benzene rings is 1. The van der Waals surface area contributed by atoms with Crippen molar-refractivity contribution < 1.29 is 27.5 Å². The molecule has 1 saturated heterocycles. The van der Waals surface area contributed by atoms with Crippen molar-refractivity contribution in [2.45, 2.75) is 57.7 Å². The van der Waals surface area contributed by atoms with Crippen molar-refractivity contribution in [1.82, 2.24) is 34.6 Å². The fourth-order valence-corrected chi connectivity index (χ4v) is 6.24. The van der Waals surface area contributed by atoms with Crippen LogP contribution in [0.4, 0.5) is 4.79 Å². The molecule has 0 unspecified atom stereocenters. The summed E-state index contributed by atoms with van der Waals surface area (Å²) in [5.41, 5.74) is 0.791. The number of nitrogens with zero attached hydrogens (tertiary/aromatic N) is 5. The quantitative estimate of drug-likeness (QED) is 0.378. The van der Waals surface area contributed by atoms with Crippen molar-refractivity contribution >= 4 is 39.5 Å². The van der Waals surface area contributed by atoms with Gasteiger partial charge in [-0.1, -0.05) is 17.7 Å². The first-order chi connectivity index (χ1) is 20.6. The molecule has 0 radical (unpaired) electrons. The molecule has 0 aliphatic carbocycles. The number of hydrogen-bond acceptors (Lipinski definition) is 8. The van der Waals surface area contributed by atoms with Gasteiger partial charge in [-0.05, 0) is 65.0 Å². The number of pyridine rings is 1. The Morgan fingerprint density at radius 3 is 2.30 bits per heavy atom. The molecule has 4 rings (SSSR count). The standard InChI is InChI=1S/C29H36ClN7O6S/c1-19(2)33-27(39)24-8-6-7-23(34-24)26(38)31-16-20-17-32-37(18-20)21-9-10-25(22(30)15-21)44(41,42)36-13-11-35(12-14-36)28(40)43-29(3,4)5/h6-10,15,17-19H,11-14,16H2,1-5H3,(H,31,38)(H,33,39).